The number of hydrogen-bond acceptors (Lipinski definition) is 3. The summed E-state index contributed by atoms with van der Waals surface area (Å²) < 4.78 is 11.2. The minimum absolute atomic E-state index is 0.0782. The van der Waals surface area contributed by atoms with Crippen molar-refractivity contribution in [3.63, 3.8) is 0 Å². The molecule has 3 rings (SSSR count). The van der Waals surface area contributed by atoms with Crippen LogP contribution in [0.4, 0.5) is 0 Å². The Kier molecular flexibility index (Phi) is 4.45. The van der Waals surface area contributed by atoms with Crippen LogP contribution in [0.2, 0.25) is 5.02 Å². The lowest BCUT2D eigenvalue weighted by Gasteiger charge is -2.07. The fraction of sp³-hybridized carbons (Fsp3) is 0.167. The fourth-order valence-electron chi connectivity index (χ4n) is 2.16. The van der Waals surface area contributed by atoms with Crippen LogP contribution in [0, 0.1) is 0 Å². The molecule has 0 aromatic heterocycles. The van der Waals surface area contributed by atoms with Crippen LogP contribution >= 0.6 is 11.6 Å². The van der Waals surface area contributed by atoms with Crippen molar-refractivity contribution in [2.24, 2.45) is 0 Å². The van der Waals surface area contributed by atoms with Gasteiger partial charge in [0.25, 0.3) is 0 Å². The third-order valence-electron chi connectivity index (χ3n) is 3.33. The number of carbonyl (C=O) groups excluding carboxylic acids is 1. The van der Waals surface area contributed by atoms with Crippen molar-refractivity contribution in [3.8, 4) is 11.5 Å². The number of benzene rings is 2. The van der Waals surface area contributed by atoms with Crippen LogP contribution in [0.5, 0.6) is 11.5 Å². The van der Waals surface area contributed by atoms with Gasteiger partial charge in [-0.2, -0.15) is 0 Å². The maximum Gasteiger partial charge on any atom is 0.185 e. The van der Waals surface area contributed by atoms with Crippen LogP contribution in [-0.4, -0.2) is 19.0 Å². The predicted octanol–water partition coefficient (Wildman–Crippen LogP) is 4.40. The molecule has 0 radical (unpaired) electrons. The molecule has 112 valence electrons. The Hall–Kier alpha value is -2.26. The number of ether oxygens (including phenoxy) is 2. The molecule has 0 aliphatic carbocycles. The molecular formula is C18H15ClO3. The van der Waals surface area contributed by atoms with Gasteiger partial charge in [-0.1, -0.05) is 29.8 Å². The van der Waals surface area contributed by atoms with Gasteiger partial charge in [0.15, 0.2) is 17.3 Å². The summed E-state index contributed by atoms with van der Waals surface area (Å²) in [6.45, 7) is 1.24. The Morgan fingerprint density at radius 3 is 2.50 bits per heavy atom. The minimum Gasteiger partial charge on any atom is -0.490 e. The number of ketones is 1. The largest absolute Gasteiger partial charge is 0.490 e. The Bertz CT molecular complexity index is 705. The molecule has 1 aliphatic heterocycles. The van der Waals surface area contributed by atoms with E-state index in [2.05, 4.69) is 0 Å². The lowest BCUT2D eigenvalue weighted by Crippen LogP contribution is -1.98. The summed E-state index contributed by atoms with van der Waals surface area (Å²) in [7, 11) is 0. The number of carbonyl (C=O) groups is 1. The van der Waals surface area contributed by atoms with Crippen LogP contribution in [0.15, 0.2) is 48.5 Å². The van der Waals surface area contributed by atoms with E-state index in [-0.39, 0.29) is 5.78 Å². The van der Waals surface area contributed by atoms with Gasteiger partial charge in [-0.15, -0.1) is 0 Å². The van der Waals surface area contributed by atoms with Gasteiger partial charge in [-0.3, -0.25) is 4.79 Å². The van der Waals surface area contributed by atoms with Crippen LogP contribution < -0.4 is 9.47 Å². The van der Waals surface area contributed by atoms with Gasteiger partial charge in [0.05, 0.1) is 13.2 Å². The van der Waals surface area contributed by atoms with Crippen LogP contribution in [0.3, 0.4) is 0 Å². The maximum absolute atomic E-state index is 12.2. The molecule has 0 saturated heterocycles. The van der Waals surface area contributed by atoms with Gasteiger partial charge in [0, 0.05) is 17.0 Å². The van der Waals surface area contributed by atoms with E-state index in [1.807, 2.05) is 12.1 Å². The smallest absolute Gasteiger partial charge is 0.185 e. The molecule has 1 aliphatic rings. The minimum atomic E-state index is -0.0782. The number of rotatable bonds is 3. The van der Waals surface area contributed by atoms with Crippen molar-refractivity contribution in [1.82, 2.24) is 0 Å². The molecule has 0 spiro atoms. The fourth-order valence-corrected chi connectivity index (χ4v) is 2.28. The number of fused-ring (bicyclic) bond motifs is 1. The second-order valence-electron chi connectivity index (χ2n) is 4.96. The van der Waals surface area contributed by atoms with Gasteiger partial charge in [0.2, 0.25) is 0 Å². The Balaban J connectivity index is 1.77. The van der Waals surface area contributed by atoms with Crippen molar-refractivity contribution in [1.29, 1.82) is 0 Å². The molecule has 22 heavy (non-hydrogen) atoms. The van der Waals surface area contributed by atoms with Crippen LogP contribution in [0.1, 0.15) is 22.3 Å². The molecule has 0 atom stereocenters. The standard InChI is InChI=1S/C18H15ClO3/c19-15-6-2-13(3-7-15)4-8-16(20)14-5-9-17-18(12-14)22-11-1-10-21-17/h2-9,12H,1,10-11H2/b8-4+. The van der Waals surface area contributed by atoms with E-state index in [0.717, 1.165) is 12.0 Å². The van der Waals surface area contributed by atoms with Crippen molar-refractivity contribution in [3.05, 3.63) is 64.7 Å². The van der Waals surface area contributed by atoms with E-state index in [4.69, 9.17) is 21.1 Å². The highest BCUT2D eigenvalue weighted by molar-refractivity contribution is 6.30. The van der Waals surface area contributed by atoms with Gasteiger partial charge >= 0.3 is 0 Å². The van der Waals surface area contributed by atoms with Crippen molar-refractivity contribution in [2.45, 2.75) is 6.42 Å². The lowest BCUT2D eigenvalue weighted by atomic mass is 10.1. The molecule has 0 saturated carbocycles. The monoisotopic (exact) mass is 314 g/mol. The van der Waals surface area contributed by atoms with Gasteiger partial charge in [0.1, 0.15) is 0 Å². The molecular weight excluding hydrogens is 300 g/mol. The van der Waals surface area contributed by atoms with Crippen LogP contribution in [-0.2, 0) is 0 Å². The highest BCUT2D eigenvalue weighted by Crippen LogP contribution is 2.30. The molecule has 0 N–H and O–H groups in total. The quantitative estimate of drug-likeness (QED) is 0.622. The summed E-state index contributed by atoms with van der Waals surface area (Å²) in [5.41, 5.74) is 1.50. The van der Waals surface area contributed by atoms with Crippen LogP contribution in [0.25, 0.3) is 6.08 Å². The highest BCUT2D eigenvalue weighted by Gasteiger charge is 2.12. The SMILES string of the molecule is O=C(/C=C/c1ccc(Cl)cc1)c1ccc2c(c1)OCCCO2. The topological polar surface area (TPSA) is 35.5 Å². The first-order valence-electron chi connectivity index (χ1n) is 7.10. The number of allylic oxidation sites excluding steroid dienone is 1. The molecule has 2 aromatic rings. The maximum atomic E-state index is 12.2. The Morgan fingerprint density at radius 1 is 1.00 bits per heavy atom. The average molecular weight is 315 g/mol. The summed E-state index contributed by atoms with van der Waals surface area (Å²) in [5, 5.41) is 0.673. The first-order chi connectivity index (χ1) is 10.7. The Labute approximate surface area is 134 Å². The summed E-state index contributed by atoms with van der Waals surface area (Å²) in [4.78, 5) is 12.2. The zero-order valence-electron chi connectivity index (χ0n) is 11.9. The zero-order valence-corrected chi connectivity index (χ0v) is 12.7. The molecule has 0 unspecified atom stereocenters. The van der Waals surface area contributed by atoms with E-state index < -0.39 is 0 Å². The number of halogens is 1. The van der Waals surface area contributed by atoms with E-state index >= 15 is 0 Å². The molecule has 1 heterocycles. The molecule has 0 amide bonds. The van der Waals surface area contributed by atoms with Gasteiger partial charge in [-0.25, -0.2) is 0 Å². The average Bonchev–Trinajstić information content (AvgIpc) is 2.78. The molecule has 3 nitrogen and oxygen atoms in total. The number of hydrogen-bond donors (Lipinski definition) is 0. The van der Waals surface area contributed by atoms with E-state index in [1.54, 1.807) is 42.5 Å². The normalized spacial score (nSPS) is 13.9. The molecule has 4 heteroatoms. The second-order valence-corrected chi connectivity index (χ2v) is 5.40. The van der Waals surface area contributed by atoms with Crippen molar-refractivity contribution < 1.29 is 14.3 Å². The van der Waals surface area contributed by atoms with Gasteiger partial charge in [-0.05, 0) is 42.0 Å². The van der Waals surface area contributed by atoms with Crippen molar-refractivity contribution >= 4 is 23.5 Å². The third-order valence-corrected chi connectivity index (χ3v) is 3.58. The predicted molar refractivity (Wildman–Crippen MR) is 86.9 cm³/mol. The summed E-state index contributed by atoms with van der Waals surface area (Å²) >= 11 is 5.83. The molecule has 2 aromatic carbocycles. The zero-order chi connectivity index (χ0) is 15.4. The van der Waals surface area contributed by atoms with E-state index in [9.17, 15) is 4.79 Å². The second kappa shape index (κ2) is 6.67. The first kappa shape index (κ1) is 14.7. The van der Waals surface area contributed by atoms with Crippen molar-refractivity contribution in [2.75, 3.05) is 13.2 Å². The van der Waals surface area contributed by atoms with Gasteiger partial charge < -0.3 is 9.47 Å². The third kappa shape index (κ3) is 3.49. The van der Waals surface area contributed by atoms with E-state index in [1.165, 1.54) is 0 Å². The molecule has 0 fully saturated rings. The summed E-state index contributed by atoms with van der Waals surface area (Å²) in [5.74, 6) is 1.24. The Morgan fingerprint density at radius 2 is 1.73 bits per heavy atom. The van der Waals surface area contributed by atoms with E-state index in [0.29, 0.717) is 35.3 Å². The molecule has 0 bridgehead atoms. The summed E-state index contributed by atoms with van der Waals surface area (Å²) in [6.07, 6.45) is 4.15. The lowest BCUT2D eigenvalue weighted by molar-refractivity contribution is 0.104. The first-order valence-corrected chi connectivity index (χ1v) is 7.48. The highest BCUT2D eigenvalue weighted by atomic mass is 35.5. The summed E-state index contributed by atoms with van der Waals surface area (Å²) in [6, 6.07) is 12.6.